The number of rotatable bonds is 7. The van der Waals surface area contributed by atoms with Crippen LogP contribution in [0.3, 0.4) is 0 Å². The fraction of sp³-hybridized carbons (Fsp3) is 0.429. The Morgan fingerprint density at radius 3 is 2.21 bits per heavy atom. The van der Waals surface area contributed by atoms with Crippen molar-refractivity contribution >= 4 is 34.8 Å². The quantitative estimate of drug-likeness (QED) is 0.753. The van der Waals surface area contributed by atoms with Crippen molar-refractivity contribution in [2.75, 3.05) is 16.5 Å². The molecule has 0 aliphatic carbocycles. The van der Waals surface area contributed by atoms with E-state index in [1.807, 2.05) is 6.92 Å². The molecule has 0 saturated carbocycles. The van der Waals surface area contributed by atoms with Crippen LogP contribution in [-0.4, -0.2) is 17.7 Å². The highest BCUT2D eigenvalue weighted by Gasteiger charge is 2.04. The van der Waals surface area contributed by atoms with Crippen LogP contribution in [0.25, 0.3) is 0 Å². The van der Waals surface area contributed by atoms with Crippen LogP contribution >= 0.6 is 11.6 Å². The average Bonchev–Trinajstić information content (AvgIpc) is 2.37. The number of carbonyl (C=O) groups excluding carboxylic acids is 2. The SMILES string of the molecule is CCCC(=O)Nc1cccc(NC(=O)CCCCl)c1. The van der Waals surface area contributed by atoms with Crippen LogP contribution in [0.5, 0.6) is 0 Å². The van der Waals surface area contributed by atoms with Gasteiger partial charge in [-0.1, -0.05) is 13.0 Å². The lowest BCUT2D eigenvalue weighted by atomic mass is 10.2. The molecule has 0 aromatic heterocycles. The first-order chi connectivity index (χ1) is 9.15. The van der Waals surface area contributed by atoms with Gasteiger partial charge in [-0.25, -0.2) is 0 Å². The normalized spacial score (nSPS) is 10.0. The molecule has 0 heterocycles. The Morgan fingerprint density at radius 2 is 1.68 bits per heavy atom. The molecule has 4 nitrogen and oxygen atoms in total. The number of hydrogen-bond acceptors (Lipinski definition) is 2. The highest BCUT2D eigenvalue weighted by Crippen LogP contribution is 2.16. The fourth-order valence-electron chi connectivity index (χ4n) is 1.58. The third kappa shape index (κ3) is 6.25. The molecule has 0 radical (unpaired) electrons. The van der Waals surface area contributed by atoms with Gasteiger partial charge in [-0.15, -0.1) is 11.6 Å². The van der Waals surface area contributed by atoms with E-state index >= 15 is 0 Å². The van der Waals surface area contributed by atoms with Crippen molar-refractivity contribution in [1.29, 1.82) is 0 Å². The molecular weight excluding hydrogens is 264 g/mol. The Kier molecular flexibility index (Phi) is 6.97. The maximum absolute atomic E-state index is 11.6. The van der Waals surface area contributed by atoms with E-state index in [1.54, 1.807) is 24.3 Å². The first-order valence-corrected chi connectivity index (χ1v) is 6.95. The van der Waals surface area contributed by atoms with Crippen molar-refractivity contribution in [2.24, 2.45) is 0 Å². The van der Waals surface area contributed by atoms with Gasteiger partial charge in [0, 0.05) is 30.1 Å². The summed E-state index contributed by atoms with van der Waals surface area (Å²) in [5.74, 6) is 0.381. The standard InChI is InChI=1S/C14H19ClN2O2/c1-2-5-13(18)16-11-6-3-7-12(10-11)17-14(19)8-4-9-15/h3,6-7,10H,2,4-5,8-9H2,1H3,(H,16,18)(H,17,19). The van der Waals surface area contributed by atoms with Gasteiger partial charge < -0.3 is 10.6 Å². The van der Waals surface area contributed by atoms with Gasteiger partial charge in [0.2, 0.25) is 11.8 Å². The van der Waals surface area contributed by atoms with Crippen molar-refractivity contribution in [3.63, 3.8) is 0 Å². The van der Waals surface area contributed by atoms with Crippen LogP contribution in [0.4, 0.5) is 11.4 Å². The zero-order chi connectivity index (χ0) is 14.1. The van der Waals surface area contributed by atoms with E-state index in [-0.39, 0.29) is 11.8 Å². The summed E-state index contributed by atoms with van der Waals surface area (Å²) in [4.78, 5) is 23.0. The molecule has 2 amide bonds. The molecule has 0 unspecified atom stereocenters. The molecule has 0 aliphatic rings. The number of halogens is 1. The van der Waals surface area contributed by atoms with Crippen LogP contribution in [-0.2, 0) is 9.59 Å². The first-order valence-electron chi connectivity index (χ1n) is 6.41. The van der Waals surface area contributed by atoms with Crippen molar-refractivity contribution < 1.29 is 9.59 Å². The number of carbonyl (C=O) groups is 2. The van der Waals surface area contributed by atoms with Crippen LogP contribution in [0.15, 0.2) is 24.3 Å². The summed E-state index contributed by atoms with van der Waals surface area (Å²) in [7, 11) is 0. The average molecular weight is 283 g/mol. The zero-order valence-electron chi connectivity index (χ0n) is 11.0. The molecule has 1 aromatic carbocycles. The van der Waals surface area contributed by atoms with E-state index in [9.17, 15) is 9.59 Å². The van der Waals surface area contributed by atoms with Crippen molar-refractivity contribution in [2.45, 2.75) is 32.6 Å². The predicted octanol–water partition coefficient (Wildman–Crippen LogP) is 3.38. The summed E-state index contributed by atoms with van der Waals surface area (Å²) >= 11 is 5.53. The molecule has 0 atom stereocenters. The molecule has 0 saturated heterocycles. The smallest absolute Gasteiger partial charge is 0.224 e. The number of alkyl halides is 1. The summed E-state index contributed by atoms with van der Waals surface area (Å²) in [5, 5.41) is 5.56. The summed E-state index contributed by atoms with van der Waals surface area (Å²) in [6, 6.07) is 7.11. The minimum atomic E-state index is -0.0716. The van der Waals surface area contributed by atoms with E-state index in [0.717, 1.165) is 6.42 Å². The number of nitrogens with one attached hydrogen (secondary N) is 2. The van der Waals surface area contributed by atoms with Crippen LogP contribution in [0.1, 0.15) is 32.6 Å². The van der Waals surface area contributed by atoms with E-state index in [1.165, 1.54) is 0 Å². The highest BCUT2D eigenvalue weighted by atomic mass is 35.5. The Morgan fingerprint density at radius 1 is 1.11 bits per heavy atom. The van der Waals surface area contributed by atoms with E-state index in [4.69, 9.17) is 11.6 Å². The van der Waals surface area contributed by atoms with E-state index in [2.05, 4.69) is 10.6 Å². The van der Waals surface area contributed by atoms with Gasteiger partial charge in [-0.05, 0) is 31.0 Å². The molecular formula is C14H19ClN2O2. The monoisotopic (exact) mass is 282 g/mol. The number of hydrogen-bond donors (Lipinski definition) is 2. The second-order valence-electron chi connectivity index (χ2n) is 4.22. The Labute approximate surface area is 118 Å². The lowest BCUT2D eigenvalue weighted by Crippen LogP contribution is -2.13. The molecule has 1 rings (SSSR count). The lowest BCUT2D eigenvalue weighted by molar-refractivity contribution is -0.117. The molecule has 0 fully saturated rings. The maximum atomic E-state index is 11.6. The van der Waals surface area contributed by atoms with Gasteiger partial charge in [-0.2, -0.15) is 0 Å². The second-order valence-corrected chi connectivity index (χ2v) is 4.60. The van der Waals surface area contributed by atoms with Gasteiger partial charge in [-0.3, -0.25) is 9.59 Å². The molecule has 0 bridgehead atoms. The Hall–Kier alpha value is -1.55. The van der Waals surface area contributed by atoms with Crippen molar-refractivity contribution in [1.82, 2.24) is 0 Å². The molecule has 0 aliphatic heterocycles. The van der Waals surface area contributed by atoms with E-state index in [0.29, 0.717) is 36.5 Å². The first kappa shape index (κ1) is 15.5. The molecule has 5 heteroatoms. The third-order valence-corrected chi connectivity index (χ3v) is 2.71. The molecule has 1 aromatic rings. The Bertz CT molecular complexity index is 435. The molecule has 2 N–H and O–H groups in total. The highest BCUT2D eigenvalue weighted by molar-refractivity contribution is 6.18. The minimum absolute atomic E-state index is 0.0203. The topological polar surface area (TPSA) is 58.2 Å². The van der Waals surface area contributed by atoms with Crippen LogP contribution < -0.4 is 10.6 Å². The minimum Gasteiger partial charge on any atom is -0.326 e. The van der Waals surface area contributed by atoms with Crippen LogP contribution in [0, 0.1) is 0 Å². The summed E-state index contributed by atoms with van der Waals surface area (Å²) in [6.07, 6.45) is 2.35. The summed E-state index contributed by atoms with van der Waals surface area (Å²) in [6.45, 7) is 1.95. The Balaban J connectivity index is 2.56. The maximum Gasteiger partial charge on any atom is 0.224 e. The summed E-state index contributed by atoms with van der Waals surface area (Å²) in [5.41, 5.74) is 1.36. The number of benzene rings is 1. The lowest BCUT2D eigenvalue weighted by Gasteiger charge is -2.08. The van der Waals surface area contributed by atoms with Gasteiger partial charge in [0.15, 0.2) is 0 Å². The van der Waals surface area contributed by atoms with Gasteiger partial charge in [0.1, 0.15) is 0 Å². The third-order valence-electron chi connectivity index (χ3n) is 2.44. The summed E-state index contributed by atoms with van der Waals surface area (Å²) < 4.78 is 0. The molecule has 104 valence electrons. The molecule has 19 heavy (non-hydrogen) atoms. The number of anilines is 2. The predicted molar refractivity (Wildman–Crippen MR) is 78.6 cm³/mol. The van der Waals surface area contributed by atoms with Gasteiger partial charge in [0.25, 0.3) is 0 Å². The van der Waals surface area contributed by atoms with Gasteiger partial charge >= 0.3 is 0 Å². The largest absolute Gasteiger partial charge is 0.326 e. The molecule has 0 spiro atoms. The van der Waals surface area contributed by atoms with Gasteiger partial charge in [0.05, 0.1) is 0 Å². The van der Waals surface area contributed by atoms with Crippen molar-refractivity contribution in [3.05, 3.63) is 24.3 Å². The van der Waals surface area contributed by atoms with Crippen LogP contribution in [0.2, 0.25) is 0 Å². The van der Waals surface area contributed by atoms with E-state index < -0.39 is 0 Å². The number of amides is 2. The fourth-order valence-corrected chi connectivity index (χ4v) is 1.71. The van der Waals surface area contributed by atoms with Crippen molar-refractivity contribution in [3.8, 4) is 0 Å². The zero-order valence-corrected chi connectivity index (χ0v) is 11.8. The second kappa shape index (κ2) is 8.53.